The zero-order valence-electron chi connectivity index (χ0n) is 11.9. The number of ether oxygens (including phenoxy) is 1. The quantitative estimate of drug-likeness (QED) is 0.776. The van der Waals surface area contributed by atoms with Gasteiger partial charge in [0, 0.05) is 10.6 Å². The highest BCUT2D eigenvalue weighted by molar-refractivity contribution is 6.30. The predicted molar refractivity (Wildman–Crippen MR) is 85.3 cm³/mol. The van der Waals surface area contributed by atoms with Crippen molar-refractivity contribution in [3.8, 4) is 17.2 Å². The normalized spacial score (nSPS) is 10.3. The Morgan fingerprint density at radius 2 is 1.87 bits per heavy atom. The van der Waals surface area contributed by atoms with Crippen molar-refractivity contribution in [3.63, 3.8) is 0 Å². The van der Waals surface area contributed by atoms with Crippen LogP contribution in [0.5, 0.6) is 5.75 Å². The fourth-order valence-corrected chi connectivity index (χ4v) is 1.94. The maximum atomic E-state index is 11.8. The third-order valence-corrected chi connectivity index (χ3v) is 3.13. The smallest absolute Gasteiger partial charge is 0.270 e. The Morgan fingerprint density at radius 3 is 2.61 bits per heavy atom. The predicted octanol–water partition coefficient (Wildman–Crippen LogP) is 3.41. The van der Waals surface area contributed by atoms with E-state index < -0.39 is 0 Å². The molecule has 0 spiro atoms. The van der Waals surface area contributed by atoms with Gasteiger partial charge in [0.2, 0.25) is 0 Å². The van der Waals surface area contributed by atoms with Crippen molar-refractivity contribution in [3.05, 3.63) is 59.6 Å². The van der Waals surface area contributed by atoms with Gasteiger partial charge >= 0.3 is 0 Å². The Hall–Kier alpha value is -2.86. The summed E-state index contributed by atoms with van der Waals surface area (Å²) >= 11 is 5.82. The highest BCUT2D eigenvalue weighted by atomic mass is 35.5. The number of hydrogen-bond donors (Lipinski definition) is 1. The molecule has 3 rings (SSSR count). The average Bonchev–Trinajstić information content (AvgIpc) is 3.03. The summed E-state index contributed by atoms with van der Waals surface area (Å²) in [5.74, 6) is 0.604. The minimum Gasteiger partial charge on any atom is -0.484 e. The van der Waals surface area contributed by atoms with E-state index in [0.717, 1.165) is 0 Å². The second-order valence-corrected chi connectivity index (χ2v) is 5.02. The van der Waals surface area contributed by atoms with E-state index in [1.165, 1.54) is 0 Å². The molecule has 0 bridgehead atoms. The van der Waals surface area contributed by atoms with Crippen molar-refractivity contribution in [1.29, 1.82) is 0 Å². The van der Waals surface area contributed by atoms with Gasteiger partial charge in [-0.15, -0.1) is 0 Å². The minimum absolute atomic E-state index is 0.0802. The van der Waals surface area contributed by atoms with Crippen molar-refractivity contribution >= 4 is 23.5 Å². The molecule has 7 heteroatoms. The number of nitrogens with one attached hydrogen (secondary N) is 1. The molecule has 0 atom stereocenters. The molecule has 0 saturated carbocycles. The van der Waals surface area contributed by atoms with Crippen LogP contribution >= 0.6 is 11.6 Å². The van der Waals surface area contributed by atoms with Crippen LogP contribution < -0.4 is 10.1 Å². The van der Waals surface area contributed by atoms with Crippen LogP contribution in [0.3, 0.4) is 0 Å². The van der Waals surface area contributed by atoms with E-state index in [9.17, 15) is 4.79 Å². The van der Waals surface area contributed by atoms with E-state index in [2.05, 4.69) is 15.5 Å². The molecule has 1 amide bonds. The number of aromatic nitrogens is 2. The van der Waals surface area contributed by atoms with E-state index in [1.807, 2.05) is 18.2 Å². The first-order valence-corrected chi connectivity index (χ1v) is 7.16. The first-order valence-electron chi connectivity index (χ1n) is 6.78. The first kappa shape index (κ1) is 15.1. The zero-order chi connectivity index (χ0) is 16.1. The maximum absolute atomic E-state index is 11.8. The van der Waals surface area contributed by atoms with Crippen LogP contribution in [-0.2, 0) is 4.79 Å². The molecule has 3 aromatic rings. The third-order valence-electron chi connectivity index (χ3n) is 2.88. The minimum atomic E-state index is -0.377. The summed E-state index contributed by atoms with van der Waals surface area (Å²) in [5.41, 5.74) is 0.711. The summed E-state index contributed by atoms with van der Waals surface area (Å²) in [5, 5.41) is 6.82. The van der Waals surface area contributed by atoms with Crippen molar-refractivity contribution in [2.45, 2.75) is 0 Å². The lowest BCUT2D eigenvalue weighted by molar-refractivity contribution is -0.118. The molecule has 1 aromatic heterocycles. The number of para-hydroxylation sites is 1. The Kier molecular flexibility index (Phi) is 4.54. The molecule has 23 heavy (non-hydrogen) atoms. The van der Waals surface area contributed by atoms with Gasteiger partial charge in [0.25, 0.3) is 17.7 Å². The molecule has 0 aliphatic heterocycles. The molecule has 2 aromatic carbocycles. The lowest BCUT2D eigenvalue weighted by Gasteiger charge is -2.04. The van der Waals surface area contributed by atoms with Crippen LogP contribution in [0.2, 0.25) is 5.02 Å². The average molecular weight is 330 g/mol. The number of rotatable bonds is 5. The molecule has 1 N–H and O–H groups in total. The van der Waals surface area contributed by atoms with E-state index in [1.54, 1.807) is 36.4 Å². The van der Waals surface area contributed by atoms with Gasteiger partial charge < -0.3 is 9.26 Å². The SMILES string of the molecule is O=C(COc1ccccc1)Nc1noc(-c2ccc(Cl)cc2)n1. The number of nitrogens with zero attached hydrogens (tertiary/aromatic N) is 2. The molecule has 0 aliphatic rings. The van der Waals surface area contributed by atoms with Crippen LogP contribution in [0.1, 0.15) is 0 Å². The van der Waals surface area contributed by atoms with Crippen LogP contribution in [-0.4, -0.2) is 22.7 Å². The summed E-state index contributed by atoms with van der Waals surface area (Å²) in [6.07, 6.45) is 0. The molecule has 0 radical (unpaired) electrons. The number of amides is 1. The van der Waals surface area contributed by atoms with Crippen molar-refractivity contribution in [1.82, 2.24) is 10.1 Å². The van der Waals surface area contributed by atoms with Crippen LogP contribution in [0.25, 0.3) is 11.5 Å². The topological polar surface area (TPSA) is 77.2 Å². The summed E-state index contributed by atoms with van der Waals surface area (Å²) in [7, 11) is 0. The summed E-state index contributed by atoms with van der Waals surface area (Å²) < 4.78 is 10.4. The molecule has 0 fully saturated rings. The second kappa shape index (κ2) is 6.93. The van der Waals surface area contributed by atoms with Gasteiger partial charge in [-0.05, 0) is 41.6 Å². The van der Waals surface area contributed by atoms with Gasteiger partial charge in [0.1, 0.15) is 5.75 Å². The van der Waals surface area contributed by atoms with Crippen LogP contribution in [0.15, 0.2) is 59.1 Å². The van der Waals surface area contributed by atoms with E-state index in [4.69, 9.17) is 20.9 Å². The number of anilines is 1. The monoisotopic (exact) mass is 329 g/mol. The molecule has 116 valence electrons. The largest absolute Gasteiger partial charge is 0.484 e. The second-order valence-electron chi connectivity index (χ2n) is 4.58. The Bertz CT molecular complexity index is 788. The summed E-state index contributed by atoms with van der Waals surface area (Å²) in [6, 6.07) is 16.0. The number of halogens is 1. The van der Waals surface area contributed by atoms with Gasteiger partial charge in [-0.25, -0.2) is 0 Å². The van der Waals surface area contributed by atoms with Crippen LogP contribution in [0.4, 0.5) is 5.95 Å². The summed E-state index contributed by atoms with van der Waals surface area (Å²) in [4.78, 5) is 15.9. The maximum Gasteiger partial charge on any atom is 0.270 e. The molecule has 0 aliphatic carbocycles. The first-order chi connectivity index (χ1) is 11.2. The van der Waals surface area contributed by atoms with Crippen molar-refractivity contribution < 1.29 is 14.1 Å². The van der Waals surface area contributed by atoms with Crippen LogP contribution in [0, 0.1) is 0 Å². The molecule has 1 heterocycles. The lowest BCUT2D eigenvalue weighted by atomic mass is 10.2. The highest BCUT2D eigenvalue weighted by Gasteiger charge is 2.11. The lowest BCUT2D eigenvalue weighted by Crippen LogP contribution is -2.20. The zero-order valence-corrected chi connectivity index (χ0v) is 12.7. The van der Waals surface area contributed by atoms with E-state index in [-0.39, 0.29) is 18.5 Å². The van der Waals surface area contributed by atoms with Crippen molar-refractivity contribution in [2.24, 2.45) is 0 Å². The van der Waals surface area contributed by atoms with Gasteiger partial charge in [-0.3, -0.25) is 10.1 Å². The van der Waals surface area contributed by atoms with E-state index >= 15 is 0 Å². The summed E-state index contributed by atoms with van der Waals surface area (Å²) in [6.45, 7) is -0.144. The fraction of sp³-hybridized carbons (Fsp3) is 0.0625. The number of carbonyl (C=O) groups excluding carboxylic acids is 1. The Balaban J connectivity index is 1.58. The fourth-order valence-electron chi connectivity index (χ4n) is 1.81. The standard InChI is InChI=1S/C16H12ClN3O3/c17-12-8-6-11(7-9-12)15-19-16(20-23-15)18-14(21)10-22-13-4-2-1-3-5-13/h1-9H,10H2,(H,18,20,21). The number of hydrogen-bond acceptors (Lipinski definition) is 5. The molecule has 6 nitrogen and oxygen atoms in total. The van der Waals surface area contributed by atoms with Gasteiger partial charge in [-0.2, -0.15) is 4.98 Å². The molecule has 0 unspecified atom stereocenters. The van der Waals surface area contributed by atoms with Gasteiger partial charge in [0.05, 0.1) is 0 Å². The molecular weight excluding hydrogens is 318 g/mol. The molecular formula is C16H12ClN3O3. The van der Waals surface area contributed by atoms with Crippen molar-refractivity contribution in [2.75, 3.05) is 11.9 Å². The third kappa shape index (κ3) is 4.08. The number of carbonyl (C=O) groups is 1. The molecule has 0 saturated heterocycles. The van der Waals surface area contributed by atoms with E-state index in [0.29, 0.717) is 22.2 Å². The van der Waals surface area contributed by atoms with Gasteiger partial charge in [-0.1, -0.05) is 29.8 Å². The Labute approximate surface area is 137 Å². The highest BCUT2D eigenvalue weighted by Crippen LogP contribution is 2.20. The number of benzene rings is 2. The van der Waals surface area contributed by atoms with Gasteiger partial charge in [0.15, 0.2) is 6.61 Å². The Morgan fingerprint density at radius 1 is 1.13 bits per heavy atom.